The van der Waals surface area contributed by atoms with Crippen LogP contribution in [0.1, 0.15) is 57.9 Å². The number of unbranched alkanes of at least 4 members (excludes halogenated alkanes) is 3. The minimum atomic E-state index is -7.01. The van der Waals surface area contributed by atoms with Crippen molar-refractivity contribution < 1.29 is 172 Å². The van der Waals surface area contributed by atoms with Crippen LogP contribution in [0.25, 0.3) is 43.1 Å². The van der Waals surface area contributed by atoms with E-state index in [1.54, 1.807) is 6.92 Å². The lowest BCUT2D eigenvalue weighted by Crippen LogP contribution is -3.17. The first-order valence-corrected chi connectivity index (χ1v) is 27.3. The van der Waals surface area contributed by atoms with E-state index >= 15 is 87.8 Å². The fourth-order valence-electron chi connectivity index (χ4n) is 11.7. The van der Waals surface area contributed by atoms with Gasteiger partial charge in [0.2, 0.25) is 0 Å². The molecule has 9 rings (SSSR count). The Morgan fingerprint density at radius 2 is 0.580 bits per heavy atom. The van der Waals surface area contributed by atoms with Crippen molar-refractivity contribution in [1.29, 1.82) is 0 Å². The molecule has 100 heavy (non-hydrogen) atoms. The first kappa shape index (κ1) is 77.1. The monoisotopic (exact) mass is 1490 g/mol. The maximum absolute atomic E-state index is 17.3. The van der Waals surface area contributed by atoms with Crippen LogP contribution in [-0.2, 0) is 5.92 Å². The topological polar surface area (TPSA) is 4.44 Å². The van der Waals surface area contributed by atoms with Crippen molar-refractivity contribution in [3.63, 3.8) is 0 Å². The largest absolute Gasteiger partial charge is 0.464 e. The van der Waals surface area contributed by atoms with Crippen LogP contribution in [-0.4, -0.2) is 36.8 Å². The number of halogens is 38. The molecule has 0 aromatic heterocycles. The Bertz CT molecular complexity index is 4390. The highest BCUT2D eigenvalue weighted by Crippen LogP contribution is 2.50. The van der Waals surface area contributed by atoms with Crippen LogP contribution in [0.3, 0.4) is 0 Å². The zero-order valence-electron chi connectivity index (χ0n) is 48.3. The Morgan fingerprint density at radius 3 is 0.850 bits per heavy atom. The van der Waals surface area contributed by atoms with Gasteiger partial charge in [-0.1, -0.05) is 33.1 Å². The molecule has 0 amide bonds. The summed E-state index contributed by atoms with van der Waals surface area (Å²) in [6.07, 6.45) is -16.1. The Labute approximate surface area is 529 Å². The van der Waals surface area contributed by atoms with Crippen molar-refractivity contribution >= 4 is 76.8 Å². The Morgan fingerprint density at radius 1 is 0.300 bits per heavy atom. The van der Waals surface area contributed by atoms with E-state index in [1.165, 1.54) is 0 Å². The van der Waals surface area contributed by atoms with E-state index in [0.717, 1.165) is 6.92 Å². The van der Waals surface area contributed by atoms with Gasteiger partial charge in [0.15, 0.2) is 139 Å². The van der Waals surface area contributed by atoms with E-state index in [2.05, 4.69) is 0 Å². The van der Waals surface area contributed by atoms with Gasteiger partial charge in [0.25, 0.3) is 0 Å². The normalized spacial score (nSPS) is 13.2. The maximum Gasteiger partial charge on any atom is 0.464 e. The molecule has 1 N–H and O–H groups in total. The van der Waals surface area contributed by atoms with E-state index in [4.69, 9.17) is 0 Å². The lowest BCUT2D eigenvalue weighted by Gasteiger charge is -2.47. The molecule has 1 unspecified atom stereocenters. The summed E-state index contributed by atoms with van der Waals surface area (Å²) >= 11 is 0. The third-order valence-electron chi connectivity index (χ3n) is 16.1. The molecule has 1 atom stereocenters. The second-order valence-electron chi connectivity index (χ2n) is 21.8. The van der Waals surface area contributed by atoms with Gasteiger partial charge < -0.3 is 0 Å². The number of rotatable bonds is 16. The van der Waals surface area contributed by atoms with E-state index in [1.807, 2.05) is 0 Å². The van der Waals surface area contributed by atoms with Gasteiger partial charge in [-0.3, -0.25) is 0 Å². The molecule has 9 aromatic rings. The second kappa shape index (κ2) is 26.4. The molecule has 9 aromatic carbocycles. The van der Waals surface area contributed by atoms with Gasteiger partial charge >= 0.3 is 30.0 Å². The molecule has 40 heteroatoms. The fraction of sp³-hybridized carbons (Fsp3) is 0.233. The highest BCUT2D eigenvalue weighted by molar-refractivity contribution is 7.23. The average molecular weight is 1490 g/mol. The van der Waals surface area contributed by atoms with Crippen molar-refractivity contribution in [2.75, 3.05) is 6.54 Å². The summed E-state index contributed by atoms with van der Waals surface area (Å²) in [5.74, 6) is -103. The Hall–Kier alpha value is -8.62. The molecular weight excluding hydrogens is 1470 g/mol. The van der Waals surface area contributed by atoms with Gasteiger partial charge in [0.05, 0.1) is 28.1 Å². The summed E-state index contributed by atoms with van der Waals surface area (Å²) < 4.78 is 574. The zero-order valence-corrected chi connectivity index (χ0v) is 48.3. The van der Waals surface area contributed by atoms with Crippen LogP contribution in [0.4, 0.5) is 173 Å². The molecule has 0 fully saturated rings. The first-order chi connectivity index (χ1) is 46.0. The number of nitrogens with one attached hydrogen (secondary N) is 1. The molecular formula is C60H26BF38N. The number of hydrogen-bond acceptors (Lipinski definition) is 0. The zero-order chi connectivity index (χ0) is 75.7. The van der Waals surface area contributed by atoms with Crippen molar-refractivity contribution in [3.05, 3.63) is 193 Å². The minimum Gasteiger partial charge on any atom is -0.234 e. The van der Waals surface area contributed by atoms with Crippen LogP contribution < -0.4 is 26.8 Å². The number of quaternary nitrogens is 1. The van der Waals surface area contributed by atoms with Crippen molar-refractivity contribution in [2.45, 2.75) is 82.4 Å². The highest BCUT2D eigenvalue weighted by atomic mass is 19.4. The lowest BCUT2D eigenvalue weighted by molar-refractivity contribution is -0.949. The van der Waals surface area contributed by atoms with Crippen LogP contribution >= 0.6 is 0 Å². The molecule has 540 valence electrons. The van der Waals surface area contributed by atoms with Gasteiger partial charge in [-0.05, 0) is 58.7 Å². The summed E-state index contributed by atoms with van der Waals surface area (Å²) in [6.45, 7) is 1.16. The molecule has 0 aliphatic rings. The fourth-order valence-corrected chi connectivity index (χ4v) is 11.7. The predicted octanol–water partition coefficient (Wildman–Crippen LogP) is 18.5. The van der Waals surface area contributed by atoms with Crippen LogP contribution in [0.5, 0.6) is 0 Å². The van der Waals surface area contributed by atoms with Gasteiger partial charge in [-0.15, -0.1) is 30.6 Å². The van der Waals surface area contributed by atoms with Crippen LogP contribution in [0.15, 0.2) is 30.3 Å². The lowest BCUT2D eigenvalue weighted by atomic mass is 9.11. The van der Waals surface area contributed by atoms with Crippen LogP contribution in [0.2, 0.25) is 0 Å². The smallest absolute Gasteiger partial charge is 0.234 e. The minimum absolute atomic E-state index is 0.0348. The van der Waals surface area contributed by atoms with E-state index in [-0.39, 0.29) is 6.42 Å². The summed E-state index contributed by atoms with van der Waals surface area (Å²) in [4.78, 5) is -2.38. The molecule has 0 aliphatic carbocycles. The number of fused-ring (bicyclic) bond motifs is 4. The summed E-state index contributed by atoms with van der Waals surface area (Å²) in [6, 6.07) is -9.94. The number of hydrogen-bond donors (Lipinski definition) is 1. The molecule has 0 heterocycles. The van der Waals surface area contributed by atoms with Gasteiger partial charge in [-0.2, -0.15) is 43.9 Å². The van der Waals surface area contributed by atoms with Crippen molar-refractivity contribution in [2.24, 2.45) is 0 Å². The number of alkyl halides is 11. The highest BCUT2D eigenvalue weighted by Gasteiger charge is 2.77. The SMILES string of the molecule is CCCCCCC(F)(F)C(F)(F)C(F)(F)[NH+](CCC)c1cc(F)c(F)c(C(F)(F)C(F)(F)F)c1F.Fc1cc2c([B-](c3c(F)c(F)c(F)c4c(F)c(F)c(F)cc34)(c3c(F)c(F)c(F)c4c(F)c(F)c(F)cc34)c3c(F)c(F)c(F)c4c(F)c(F)c(F)cc34)c(F)c(F)c(F)c2c(F)c1F. The van der Waals surface area contributed by atoms with E-state index in [9.17, 15) is 79.0 Å². The molecule has 0 bridgehead atoms. The van der Waals surface area contributed by atoms with Gasteiger partial charge in [0, 0.05) is 12.5 Å². The standard InChI is InChI=1S/C40H4BF24.C20H21F14N/c42-9-1-5-13(25(50)21(9)46)29(54)37(62)33(58)17(5)41(18-6-2-10(43)22(47)26(51)14(6)30(55)38(63)34(18)59,19-7-3-11(44)23(48)27(52)15(7)31(56)39(64)35(19)60)20-8-4-12(45)24(49)28(53)16(8)32(57)40(65)36(20)61;1-3-5-6-7-8-16(24,25)18(28,29)20(33,34)35(9-4-2)12-10-11(21)14(22)13(15(12)23)17(26,27)19(30,31)32/h1-4H;10H,3-9H2,1-2H3/q-1;/p+1. The summed E-state index contributed by atoms with van der Waals surface area (Å²) in [7, 11) is 0. The van der Waals surface area contributed by atoms with E-state index < -0.39 is 330 Å². The van der Waals surface area contributed by atoms with Gasteiger partial charge in [-0.25, -0.2) is 119 Å². The third kappa shape index (κ3) is 11.3. The molecule has 0 aliphatic heterocycles. The Kier molecular flexibility index (Phi) is 20.4. The predicted molar refractivity (Wildman–Crippen MR) is 275 cm³/mol. The molecule has 0 radical (unpaired) electrons. The van der Waals surface area contributed by atoms with Crippen LogP contribution in [0, 0.1) is 157 Å². The van der Waals surface area contributed by atoms with Crippen molar-refractivity contribution in [3.8, 4) is 0 Å². The molecule has 0 saturated carbocycles. The Balaban J connectivity index is 0.000000309. The quantitative estimate of drug-likeness (QED) is 0.0246. The molecule has 0 saturated heterocycles. The molecule has 0 spiro atoms. The molecule has 1 nitrogen and oxygen atoms in total. The average Bonchev–Trinajstić information content (AvgIpc) is 0.667. The summed E-state index contributed by atoms with van der Waals surface area (Å²) in [5.41, 5.74) is -17.8. The van der Waals surface area contributed by atoms with Crippen molar-refractivity contribution in [1.82, 2.24) is 0 Å². The maximum atomic E-state index is 17.3. The van der Waals surface area contributed by atoms with E-state index in [0.29, 0.717) is 12.8 Å². The third-order valence-corrected chi connectivity index (χ3v) is 16.1. The van der Waals surface area contributed by atoms with Gasteiger partial charge in [0.1, 0.15) is 35.0 Å². The summed E-state index contributed by atoms with van der Waals surface area (Å²) in [5, 5.41) is -20.5. The second-order valence-corrected chi connectivity index (χ2v) is 21.8. The number of benzene rings is 9. The first-order valence-electron chi connectivity index (χ1n) is 27.3.